The SMILES string of the molecule is CCOC(=O)c1c(C)[nH]c(C)c1C(=O)COC(=O)CSc1ccc(OC)cc1. The zero-order valence-corrected chi connectivity index (χ0v) is 17.1. The van der Waals surface area contributed by atoms with Gasteiger partial charge in [-0.05, 0) is 45.0 Å². The van der Waals surface area contributed by atoms with E-state index in [0.717, 1.165) is 10.6 Å². The number of ketones is 1. The summed E-state index contributed by atoms with van der Waals surface area (Å²) < 4.78 is 15.2. The summed E-state index contributed by atoms with van der Waals surface area (Å²) in [6.45, 7) is 4.83. The van der Waals surface area contributed by atoms with Crippen LogP contribution < -0.4 is 4.74 Å². The number of hydrogen-bond acceptors (Lipinski definition) is 7. The maximum absolute atomic E-state index is 12.5. The second kappa shape index (κ2) is 9.98. The van der Waals surface area contributed by atoms with Gasteiger partial charge in [-0.25, -0.2) is 4.79 Å². The molecular formula is C20H23NO6S. The largest absolute Gasteiger partial charge is 0.497 e. The summed E-state index contributed by atoms with van der Waals surface area (Å²) in [6.07, 6.45) is 0. The van der Waals surface area contributed by atoms with Crippen LogP contribution >= 0.6 is 11.8 Å². The Bertz CT molecular complexity index is 856. The monoisotopic (exact) mass is 405 g/mol. The van der Waals surface area contributed by atoms with Crippen molar-refractivity contribution in [3.05, 3.63) is 46.8 Å². The van der Waals surface area contributed by atoms with Crippen LogP contribution in [0.2, 0.25) is 0 Å². The molecule has 1 aromatic carbocycles. The molecule has 0 aliphatic rings. The van der Waals surface area contributed by atoms with E-state index in [1.165, 1.54) is 11.8 Å². The summed E-state index contributed by atoms with van der Waals surface area (Å²) in [7, 11) is 1.58. The smallest absolute Gasteiger partial charge is 0.340 e. The van der Waals surface area contributed by atoms with Crippen molar-refractivity contribution in [1.82, 2.24) is 4.98 Å². The van der Waals surface area contributed by atoms with Crippen LogP contribution in [0, 0.1) is 13.8 Å². The van der Waals surface area contributed by atoms with Gasteiger partial charge in [0.25, 0.3) is 0 Å². The highest BCUT2D eigenvalue weighted by Gasteiger charge is 2.26. The molecular weight excluding hydrogens is 382 g/mol. The van der Waals surface area contributed by atoms with E-state index in [0.29, 0.717) is 11.4 Å². The van der Waals surface area contributed by atoms with E-state index in [2.05, 4.69) is 4.98 Å². The first kappa shape index (κ1) is 21.6. The highest BCUT2D eigenvalue weighted by atomic mass is 32.2. The predicted octanol–water partition coefficient (Wildman–Crippen LogP) is 3.34. The van der Waals surface area contributed by atoms with Gasteiger partial charge in [0.2, 0.25) is 5.78 Å². The number of esters is 2. The Morgan fingerprint density at radius 1 is 1.00 bits per heavy atom. The Kier molecular flexibility index (Phi) is 7.69. The molecule has 0 saturated heterocycles. The van der Waals surface area contributed by atoms with E-state index in [9.17, 15) is 14.4 Å². The van der Waals surface area contributed by atoms with Gasteiger partial charge in [-0.2, -0.15) is 0 Å². The fraction of sp³-hybridized carbons (Fsp3) is 0.350. The fourth-order valence-corrected chi connectivity index (χ4v) is 3.36. The molecule has 0 aliphatic heterocycles. The van der Waals surface area contributed by atoms with Crippen LogP contribution in [0.3, 0.4) is 0 Å². The van der Waals surface area contributed by atoms with Gasteiger partial charge in [0.05, 0.1) is 30.6 Å². The van der Waals surface area contributed by atoms with Gasteiger partial charge in [-0.3, -0.25) is 9.59 Å². The van der Waals surface area contributed by atoms with E-state index in [1.807, 2.05) is 12.1 Å². The molecule has 0 spiro atoms. The molecule has 1 heterocycles. The van der Waals surface area contributed by atoms with Gasteiger partial charge in [-0.15, -0.1) is 11.8 Å². The molecule has 7 nitrogen and oxygen atoms in total. The maximum atomic E-state index is 12.5. The lowest BCUT2D eigenvalue weighted by Gasteiger charge is -2.07. The highest BCUT2D eigenvalue weighted by molar-refractivity contribution is 8.00. The molecule has 1 aromatic heterocycles. The number of nitrogens with one attached hydrogen (secondary N) is 1. The molecule has 0 bridgehead atoms. The van der Waals surface area contributed by atoms with E-state index < -0.39 is 24.3 Å². The normalized spacial score (nSPS) is 10.4. The van der Waals surface area contributed by atoms with E-state index in [4.69, 9.17) is 14.2 Å². The van der Waals surface area contributed by atoms with E-state index in [1.54, 1.807) is 40.0 Å². The minimum Gasteiger partial charge on any atom is -0.497 e. The van der Waals surface area contributed by atoms with Crippen LogP contribution in [0.15, 0.2) is 29.2 Å². The molecule has 0 atom stereocenters. The van der Waals surface area contributed by atoms with Gasteiger partial charge < -0.3 is 19.2 Å². The van der Waals surface area contributed by atoms with Gasteiger partial charge in [-0.1, -0.05) is 0 Å². The topological polar surface area (TPSA) is 94.7 Å². The number of hydrogen-bond donors (Lipinski definition) is 1. The first-order valence-corrected chi connectivity index (χ1v) is 9.67. The van der Waals surface area contributed by atoms with Gasteiger partial charge >= 0.3 is 11.9 Å². The van der Waals surface area contributed by atoms with Crippen LogP contribution in [0.5, 0.6) is 5.75 Å². The number of carbonyl (C=O) groups excluding carboxylic acids is 3. The third kappa shape index (κ3) is 5.39. The molecule has 28 heavy (non-hydrogen) atoms. The Labute approximate surface area is 167 Å². The Morgan fingerprint density at radius 2 is 1.64 bits per heavy atom. The zero-order chi connectivity index (χ0) is 20.7. The summed E-state index contributed by atoms with van der Waals surface area (Å²) in [6, 6.07) is 7.26. The first-order valence-electron chi connectivity index (χ1n) is 8.69. The molecule has 2 rings (SSSR count). The molecule has 150 valence electrons. The molecule has 0 fully saturated rings. The number of aromatic amines is 1. The van der Waals surface area contributed by atoms with E-state index >= 15 is 0 Å². The Balaban J connectivity index is 1.94. The highest BCUT2D eigenvalue weighted by Crippen LogP contribution is 2.22. The van der Waals surface area contributed by atoms with Gasteiger partial charge in [0, 0.05) is 16.3 Å². The second-order valence-electron chi connectivity index (χ2n) is 5.89. The first-order chi connectivity index (χ1) is 13.4. The fourth-order valence-electron chi connectivity index (χ4n) is 2.66. The number of thioether (sulfide) groups is 1. The maximum Gasteiger partial charge on any atom is 0.340 e. The Hall–Kier alpha value is -2.74. The number of H-pyrrole nitrogens is 1. The second-order valence-corrected chi connectivity index (χ2v) is 6.94. The lowest BCUT2D eigenvalue weighted by molar-refractivity contribution is -0.139. The van der Waals surface area contributed by atoms with Crippen molar-refractivity contribution in [1.29, 1.82) is 0 Å². The number of aromatic nitrogens is 1. The summed E-state index contributed by atoms with van der Waals surface area (Å²) >= 11 is 1.30. The van der Waals surface area contributed by atoms with Gasteiger partial charge in [0.1, 0.15) is 5.75 Å². The van der Waals surface area contributed by atoms with Crippen LogP contribution in [0.1, 0.15) is 39.0 Å². The summed E-state index contributed by atoms with van der Waals surface area (Å²) in [5, 5.41) is 0. The number of aryl methyl sites for hydroxylation is 2. The number of Topliss-reactive ketones (excluding diaryl/α,β-unsaturated/α-hetero) is 1. The third-order valence-corrected chi connectivity index (χ3v) is 4.90. The number of methoxy groups -OCH3 is 1. The quantitative estimate of drug-likeness (QED) is 0.388. The minimum absolute atomic E-state index is 0.0650. The van der Waals surface area contributed by atoms with Crippen LogP contribution in [-0.4, -0.2) is 48.8 Å². The van der Waals surface area contributed by atoms with Crippen molar-refractivity contribution in [2.75, 3.05) is 26.1 Å². The lowest BCUT2D eigenvalue weighted by atomic mass is 10.1. The van der Waals surface area contributed by atoms with Crippen molar-refractivity contribution in [2.24, 2.45) is 0 Å². The number of rotatable bonds is 9. The average Bonchev–Trinajstić information content (AvgIpc) is 2.99. The Morgan fingerprint density at radius 3 is 2.25 bits per heavy atom. The van der Waals surface area contributed by atoms with Crippen LogP contribution in [0.25, 0.3) is 0 Å². The molecule has 8 heteroatoms. The number of carbonyl (C=O) groups is 3. The number of benzene rings is 1. The molecule has 1 N–H and O–H groups in total. The van der Waals surface area contributed by atoms with Crippen molar-refractivity contribution in [3.8, 4) is 5.75 Å². The van der Waals surface area contributed by atoms with Crippen molar-refractivity contribution in [3.63, 3.8) is 0 Å². The van der Waals surface area contributed by atoms with Crippen LogP contribution in [0.4, 0.5) is 0 Å². The molecule has 0 saturated carbocycles. The predicted molar refractivity (Wildman–Crippen MR) is 105 cm³/mol. The lowest BCUT2D eigenvalue weighted by Crippen LogP contribution is -2.18. The summed E-state index contributed by atoms with van der Waals surface area (Å²) in [5.41, 5.74) is 1.47. The van der Waals surface area contributed by atoms with Crippen molar-refractivity contribution >= 4 is 29.5 Å². The van der Waals surface area contributed by atoms with E-state index in [-0.39, 0.29) is 23.5 Å². The molecule has 2 aromatic rings. The third-order valence-electron chi connectivity index (χ3n) is 3.91. The number of ether oxygens (including phenoxy) is 3. The van der Waals surface area contributed by atoms with Gasteiger partial charge in [0.15, 0.2) is 6.61 Å². The zero-order valence-electron chi connectivity index (χ0n) is 16.3. The summed E-state index contributed by atoms with van der Waals surface area (Å²) in [5.74, 6) is -0.749. The van der Waals surface area contributed by atoms with Crippen LogP contribution in [-0.2, 0) is 14.3 Å². The standard InChI is InChI=1S/C20H23NO6S/c1-5-26-20(24)19-13(3)21-12(2)18(19)16(22)10-27-17(23)11-28-15-8-6-14(25-4)7-9-15/h6-9,21H,5,10-11H2,1-4H3. The summed E-state index contributed by atoms with van der Waals surface area (Å²) in [4.78, 5) is 40.5. The molecule has 0 aliphatic carbocycles. The molecule has 0 unspecified atom stereocenters. The molecule has 0 radical (unpaired) electrons. The minimum atomic E-state index is -0.575. The molecule has 0 amide bonds. The average molecular weight is 405 g/mol. The van der Waals surface area contributed by atoms with Crippen molar-refractivity contribution < 1.29 is 28.6 Å². The van der Waals surface area contributed by atoms with Crippen molar-refractivity contribution in [2.45, 2.75) is 25.7 Å².